The molecule has 2 rings (SSSR count). The average Bonchev–Trinajstić information content (AvgIpc) is 2.30. The molecule has 0 aliphatic carbocycles. The summed E-state index contributed by atoms with van der Waals surface area (Å²) in [6, 6.07) is 11.7. The second-order valence-electron chi connectivity index (χ2n) is 4.33. The summed E-state index contributed by atoms with van der Waals surface area (Å²) >= 11 is 0. The van der Waals surface area contributed by atoms with E-state index in [9.17, 15) is 0 Å². The SMILES string of the molecule is Cc1ccc(C)c(Oc2cccc(N)c2)c1C. The van der Waals surface area contributed by atoms with Crippen molar-refractivity contribution < 1.29 is 4.74 Å². The normalized spacial score (nSPS) is 10.3. The Morgan fingerprint density at radius 3 is 2.35 bits per heavy atom. The van der Waals surface area contributed by atoms with Crippen LogP contribution in [0.25, 0.3) is 0 Å². The number of benzene rings is 2. The molecule has 2 nitrogen and oxygen atoms in total. The van der Waals surface area contributed by atoms with E-state index in [0.717, 1.165) is 17.1 Å². The van der Waals surface area contributed by atoms with Crippen LogP contribution in [0.4, 0.5) is 5.69 Å². The van der Waals surface area contributed by atoms with Gasteiger partial charge in [-0.05, 0) is 49.6 Å². The zero-order chi connectivity index (χ0) is 12.4. The Kier molecular flexibility index (Phi) is 3.05. The minimum Gasteiger partial charge on any atom is -0.457 e. The maximum atomic E-state index is 5.92. The van der Waals surface area contributed by atoms with Gasteiger partial charge < -0.3 is 10.5 Å². The number of hydrogen-bond donors (Lipinski definition) is 1. The molecule has 0 unspecified atom stereocenters. The lowest BCUT2D eigenvalue weighted by molar-refractivity contribution is 0.475. The van der Waals surface area contributed by atoms with Crippen molar-refractivity contribution in [2.45, 2.75) is 20.8 Å². The Labute approximate surface area is 102 Å². The fourth-order valence-corrected chi connectivity index (χ4v) is 1.78. The van der Waals surface area contributed by atoms with Crippen LogP contribution in [0.3, 0.4) is 0 Å². The topological polar surface area (TPSA) is 35.2 Å². The highest BCUT2D eigenvalue weighted by Crippen LogP contribution is 2.31. The summed E-state index contributed by atoms with van der Waals surface area (Å²) in [5, 5.41) is 0. The molecular weight excluding hydrogens is 210 g/mol. The van der Waals surface area contributed by atoms with Crippen molar-refractivity contribution >= 4 is 5.69 Å². The van der Waals surface area contributed by atoms with Gasteiger partial charge in [0.1, 0.15) is 11.5 Å². The smallest absolute Gasteiger partial charge is 0.133 e. The van der Waals surface area contributed by atoms with Gasteiger partial charge in [-0.2, -0.15) is 0 Å². The average molecular weight is 227 g/mol. The zero-order valence-electron chi connectivity index (χ0n) is 10.4. The Morgan fingerprint density at radius 1 is 0.941 bits per heavy atom. The number of hydrogen-bond acceptors (Lipinski definition) is 2. The summed E-state index contributed by atoms with van der Waals surface area (Å²) in [5.41, 5.74) is 9.99. The first kappa shape index (κ1) is 11.5. The van der Waals surface area contributed by atoms with Crippen LogP contribution in [-0.4, -0.2) is 0 Å². The molecule has 0 bridgehead atoms. The molecular formula is C15H17NO. The zero-order valence-corrected chi connectivity index (χ0v) is 10.4. The second-order valence-corrected chi connectivity index (χ2v) is 4.33. The number of anilines is 1. The molecule has 0 saturated heterocycles. The molecule has 17 heavy (non-hydrogen) atoms. The number of nitrogen functional groups attached to an aromatic ring is 1. The third kappa shape index (κ3) is 2.41. The Hall–Kier alpha value is -1.96. The minimum atomic E-state index is 0.713. The molecule has 0 heterocycles. The van der Waals surface area contributed by atoms with Gasteiger partial charge in [-0.25, -0.2) is 0 Å². The van der Waals surface area contributed by atoms with Gasteiger partial charge in [0.25, 0.3) is 0 Å². The highest BCUT2D eigenvalue weighted by molar-refractivity contribution is 5.49. The Balaban J connectivity index is 2.39. The molecule has 0 radical (unpaired) electrons. The first-order chi connectivity index (χ1) is 8.08. The van der Waals surface area contributed by atoms with E-state index in [2.05, 4.69) is 26.0 Å². The molecule has 0 spiro atoms. The van der Waals surface area contributed by atoms with Gasteiger partial charge in [-0.3, -0.25) is 0 Å². The number of ether oxygens (including phenoxy) is 1. The van der Waals surface area contributed by atoms with E-state index in [1.165, 1.54) is 11.1 Å². The van der Waals surface area contributed by atoms with E-state index in [1.807, 2.05) is 31.2 Å². The molecule has 0 fully saturated rings. The molecule has 0 aromatic heterocycles. The van der Waals surface area contributed by atoms with Crippen LogP contribution in [0.5, 0.6) is 11.5 Å². The lowest BCUT2D eigenvalue weighted by atomic mass is 10.1. The molecule has 88 valence electrons. The molecule has 0 aliphatic rings. The quantitative estimate of drug-likeness (QED) is 0.787. The van der Waals surface area contributed by atoms with E-state index in [1.54, 1.807) is 0 Å². The van der Waals surface area contributed by atoms with E-state index in [-0.39, 0.29) is 0 Å². The predicted octanol–water partition coefficient (Wildman–Crippen LogP) is 3.99. The molecule has 2 aromatic carbocycles. The van der Waals surface area contributed by atoms with Crippen LogP contribution < -0.4 is 10.5 Å². The second kappa shape index (κ2) is 4.50. The van der Waals surface area contributed by atoms with Crippen molar-refractivity contribution in [3.63, 3.8) is 0 Å². The predicted molar refractivity (Wildman–Crippen MR) is 71.6 cm³/mol. The van der Waals surface area contributed by atoms with Crippen LogP contribution in [0.2, 0.25) is 0 Å². The van der Waals surface area contributed by atoms with E-state index >= 15 is 0 Å². The summed E-state index contributed by atoms with van der Waals surface area (Å²) in [6.07, 6.45) is 0. The molecule has 0 atom stereocenters. The first-order valence-electron chi connectivity index (χ1n) is 5.68. The highest BCUT2D eigenvalue weighted by atomic mass is 16.5. The van der Waals surface area contributed by atoms with Gasteiger partial charge in [0.2, 0.25) is 0 Å². The van der Waals surface area contributed by atoms with Gasteiger partial charge >= 0.3 is 0 Å². The Bertz CT molecular complexity index is 547. The van der Waals surface area contributed by atoms with Crippen molar-refractivity contribution in [2.75, 3.05) is 5.73 Å². The van der Waals surface area contributed by atoms with Crippen molar-refractivity contribution in [1.82, 2.24) is 0 Å². The van der Waals surface area contributed by atoms with Crippen LogP contribution in [0, 0.1) is 20.8 Å². The monoisotopic (exact) mass is 227 g/mol. The van der Waals surface area contributed by atoms with Crippen LogP contribution in [-0.2, 0) is 0 Å². The molecule has 2 N–H and O–H groups in total. The van der Waals surface area contributed by atoms with Crippen LogP contribution in [0.1, 0.15) is 16.7 Å². The van der Waals surface area contributed by atoms with E-state index < -0.39 is 0 Å². The molecule has 0 amide bonds. The number of nitrogens with two attached hydrogens (primary N) is 1. The molecule has 2 aromatic rings. The summed E-state index contributed by atoms with van der Waals surface area (Å²) in [7, 11) is 0. The van der Waals surface area contributed by atoms with E-state index in [4.69, 9.17) is 10.5 Å². The molecule has 0 saturated carbocycles. The van der Waals surface area contributed by atoms with Crippen molar-refractivity contribution in [1.29, 1.82) is 0 Å². The largest absolute Gasteiger partial charge is 0.457 e. The number of rotatable bonds is 2. The van der Waals surface area contributed by atoms with Crippen molar-refractivity contribution in [2.24, 2.45) is 0 Å². The maximum Gasteiger partial charge on any atom is 0.133 e. The van der Waals surface area contributed by atoms with Crippen LogP contribution >= 0.6 is 0 Å². The third-order valence-corrected chi connectivity index (χ3v) is 2.95. The summed E-state index contributed by atoms with van der Waals surface area (Å²) in [5.74, 6) is 1.71. The fraction of sp³-hybridized carbons (Fsp3) is 0.200. The van der Waals surface area contributed by atoms with Gasteiger partial charge in [0.05, 0.1) is 0 Å². The van der Waals surface area contributed by atoms with Crippen molar-refractivity contribution in [3.8, 4) is 11.5 Å². The molecule has 0 aliphatic heterocycles. The lowest BCUT2D eigenvalue weighted by Crippen LogP contribution is -1.94. The van der Waals surface area contributed by atoms with Gasteiger partial charge in [-0.1, -0.05) is 18.2 Å². The van der Waals surface area contributed by atoms with Gasteiger partial charge in [-0.15, -0.1) is 0 Å². The van der Waals surface area contributed by atoms with E-state index in [0.29, 0.717) is 5.69 Å². The maximum absolute atomic E-state index is 5.92. The summed E-state index contributed by atoms with van der Waals surface area (Å²) < 4.78 is 5.92. The number of aryl methyl sites for hydroxylation is 2. The molecule has 2 heteroatoms. The lowest BCUT2D eigenvalue weighted by Gasteiger charge is -2.13. The van der Waals surface area contributed by atoms with Gasteiger partial charge in [0, 0.05) is 11.8 Å². The summed E-state index contributed by atoms with van der Waals surface area (Å²) in [4.78, 5) is 0. The third-order valence-electron chi connectivity index (χ3n) is 2.95. The fourth-order valence-electron chi connectivity index (χ4n) is 1.78. The first-order valence-corrected chi connectivity index (χ1v) is 5.68. The highest BCUT2D eigenvalue weighted by Gasteiger charge is 2.07. The van der Waals surface area contributed by atoms with Crippen molar-refractivity contribution in [3.05, 3.63) is 53.1 Å². The standard InChI is InChI=1S/C15H17NO/c1-10-7-8-11(2)15(12(10)3)17-14-6-4-5-13(16)9-14/h4-9H,16H2,1-3H3. The van der Waals surface area contributed by atoms with Gasteiger partial charge in [0.15, 0.2) is 0 Å². The van der Waals surface area contributed by atoms with Crippen LogP contribution in [0.15, 0.2) is 36.4 Å². The summed E-state index contributed by atoms with van der Waals surface area (Å²) in [6.45, 7) is 6.21. The minimum absolute atomic E-state index is 0.713. The Morgan fingerprint density at radius 2 is 1.65 bits per heavy atom.